The molecule has 0 spiro atoms. The van der Waals surface area contributed by atoms with E-state index >= 15 is 0 Å². The van der Waals surface area contributed by atoms with Crippen LogP contribution in [0.25, 0.3) is 0 Å². The summed E-state index contributed by atoms with van der Waals surface area (Å²) in [5.41, 5.74) is -0.776. The van der Waals surface area contributed by atoms with Gasteiger partial charge in [-0.05, 0) is 19.8 Å². The van der Waals surface area contributed by atoms with E-state index in [9.17, 15) is 15.0 Å². The highest BCUT2D eigenvalue weighted by atomic mass is 16.3. The Labute approximate surface area is 104 Å². The van der Waals surface area contributed by atoms with E-state index in [-0.39, 0.29) is 19.1 Å². The van der Waals surface area contributed by atoms with Crippen LogP contribution in [0, 0.1) is 0 Å². The second-order valence-electron chi connectivity index (χ2n) is 4.46. The highest BCUT2D eigenvalue weighted by Gasteiger charge is 2.30. The van der Waals surface area contributed by atoms with Gasteiger partial charge < -0.3 is 15.5 Å². The standard InChI is InChI=1S/C12H26N2O3/c1-4-6-7-13-11(17)10(3)14-12(5-2,8-15)9-16/h10,14-16H,4-9H2,1-3H3,(H,13,17). The first-order valence-corrected chi connectivity index (χ1v) is 6.32. The Morgan fingerprint density at radius 3 is 2.29 bits per heavy atom. The molecule has 102 valence electrons. The van der Waals surface area contributed by atoms with E-state index in [1.807, 2.05) is 6.92 Å². The van der Waals surface area contributed by atoms with Gasteiger partial charge in [0.05, 0.1) is 24.8 Å². The lowest BCUT2D eigenvalue weighted by atomic mass is 9.97. The molecule has 0 rings (SSSR count). The van der Waals surface area contributed by atoms with Gasteiger partial charge in [-0.25, -0.2) is 0 Å². The molecule has 0 radical (unpaired) electrons. The lowest BCUT2D eigenvalue weighted by molar-refractivity contribution is -0.123. The number of amides is 1. The molecule has 17 heavy (non-hydrogen) atoms. The Morgan fingerprint density at radius 1 is 1.29 bits per heavy atom. The summed E-state index contributed by atoms with van der Waals surface area (Å²) in [5.74, 6) is -0.0989. The highest BCUT2D eigenvalue weighted by Crippen LogP contribution is 2.09. The van der Waals surface area contributed by atoms with Gasteiger partial charge >= 0.3 is 0 Å². The van der Waals surface area contributed by atoms with Crippen molar-refractivity contribution in [2.45, 2.75) is 51.6 Å². The molecule has 0 bridgehead atoms. The Bertz CT molecular complexity index is 210. The van der Waals surface area contributed by atoms with E-state index in [0.29, 0.717) is 13.0 Å². The molecule has 0 aliphatic rings. The topological polar surface area (TPSA) is 81.6 Å². The quantitative estimate of drug-likeness (QED) is 0.432. The number of nitrogens with one attached hydrogen (secondary N) is 2. The molecule has 0 aromatic carbocycles. The maximum absolute atomic E-state index is 11.7. The van der Waals surface area contributed by atoms with Gasteiger partial charge in [0.25, 0.3) is 0 Å². The van der Waals surface area contributed by atoms with Gasteiger partial charge in [0.2, 0.25) is 5.91 Å². The third-order valence-corrected chi connectivity index (χ3v) is 3.03. The minimum atomic E-state index is -0.776. The number of unbranched alkanes of at least 4 members (excludes halogenated alkanes) is 1. The van der Waals surface area contributed by atoms with Crippen LogP contribution in [0.2, 0.25) is 0 Å². The monoisotopic (exact) mass is 246 g/mol. The number of carbonyl (C=O) groups is 1. The maximum Gasteiger partial charge on any atom is 0.236 e. The fraction of sp³-hybridized carbons (Fsp3) is 0.917. The van der Waals surface area contributed by atoms with Crippen molar-refractivity contribution >= 4 is 5.91 Å². The molecule has 0 aliphatic heterocycles. The highest BCUT2D eigenvalue weighted by molar-refractivity contribution is 5.81. The average Bonchev–Trinajstić information content (AvgIpc) is 2.36. The summed E-state index contributed by atoms with van der Waals surface area (Å²) >= 11 is 0. The van der Waals surface area contributed by atoms with E-state index < -0.39 is 11.6 Å². The summed E-state index contributed by atoms with van der Waals surface area (Å²) in [6, 6.07) is -0.425. The Balaban J connectivity index is 4.21. The number of hydrogen-bond donors (Lipinski definition) is 4. The summed E-state index contributed by atoms with van der Waals surface area (Å²) in [5, 5.41) is 24.3. The fourth-order valence-corrected chi connectivity index (χ4v) is 1.53. The van der Waals surface area contributed by atoms with Crippen molar-refractivity contribution in [2.75, 3.05) is 19.8 Å². The number of rotatable bonds is 9. The molecule has 0 saturated heterocycles. The van der Waals surface area contributed by atoms with E-state index in [1.165, 1.54) is 0 Å². The first-order valence-electron chi connectivity index (χ1n) is 6.32. The number of hydrogen-bond acceptors (Lipinski definition) is 4. The van der Waals surface area contributed by atoms with Crippen LogP contribution in [0.1, 0.15) is 40.0 Å². The van der Waals surface area contributed by atoms with Crippen LogP contribution in [0.15, 0.2) is 0 Å². The number of carbonyl (C=O) groups excluding carboxylic acids is 1. The van der Waals surface area contributed by atoms with Crippen molar-refractivity contribution in [2.24, 2.45) is 0 Å². The van der Waals surface area contributed by atoms with Gasteiger partial charge in [0.1, 0.15) is 0 Å². The summed E-state index contributed by atoms with van der Waals surface area (Å²) < 4.78 is 0. The van der Waals surface area contributed by atoms with E-state index in [2.05, 4.69) is 17.6 Å². The Hall–Kier alpha value is -0.650. The molecule has 0 fully saturated rings. The normalized spacial score (nSPS) is 13.5. The zero-order valence-electron chi connectivity index (χ0n) is 11.1. The number of aliphatic hydroxyl groups excluding tert-OH is 2. The van der Waals surface area contributed by atoms with Gasteiger partial charge in [0.15, 0.2) is 0 Å². The Morgan fingerprint density at radius 2 is 1.88 bits per heavy atom. The molecule has 5 heteroatoms. The molecule has 1 amide bonds. The fourth-order valence-electron chi connectivity index (χ4n) is 1.53. The van der Waals surface area contributed by atoms with Crippen LogP contribution in [0.5, 0.6) is 0 Å². The molecule has 0 aromatic rings. The van der Waals surface area contributed by atoms with Crippen molar-refractivity contribution in [1.82, 2.24) is 10.6 Å². The van der Waals surface area contributed by atoms with Crippen LogP contribution < -0.4 is 10.6 Å². The average molecular weight is 246 g/mol. The summed E-state index contributed by atoms with van der Waals surface area (Å²) in [7, 11) is 0. The molecule has 1 unspecified atom stereocenters. The zero-order valence-corrected chi connectivity index (χ0v) is 11.1. The van der Waals surface area contributed by atoms with Crippen LogP contribution in [-0.2, 0) is 4.79 Å². The first kappa shape index (κ1) is 16.4. The van der Waals surface area contributed by atoms with E-state index in [1.54, 1.807) is 6.92 Å². The summed E-state index contributed by atoms with van der Waals surface area (Å²) in [6.45, 7) is 5.95. The van der Waals surface area contributed by atoms with Crippen LogP contribution >= 0.6 is 0 Å². The molecule has 0 saturated carbocycles. The van der Waals surface area contributed by atoms with Gasteiger partial charge in [-0.15, -0.1) is 0 Å². The van der Waals surface area contributed by atoms with Crippen molar-refractivity contribution in [3.8, 4) is 0 Å². The van der Waals surface area contributed by atoms with Crippen molar-refractivity contribution in [1.29, 1.82) is 0 Å². The molecule has 4 N–H and O–H groups in total. The van der Waals surface area contributed by atoms with Crippen molar-refractivity contribution in [3.05, 3.63) is 0 Å². The van der Waals surface area contributed by atoms with Gasteiger partial charge in [-0.2, -0.15) is 0 Å². The summed E-state index contributed by atoms with van der Waals surface area (Å²) in [6.07, 6.45) is 2.55. The van der Waals surface area contributed by atoms with E-state index in [0.717, 1.165) is 12.8 Å². The van der Waals surface area contributed by atoms with Gasteiger partial charge in [-0.3, -0.25) is 10.1 Å². The predicted molar refractivity (Wildman–Crippen MR) is 67.7 cm³/mol. The largest absolute Gasteiger partial charge is 0.394 e. The third kappa shape index (κ3) is 5.48. The second kappa shape index (κ2) is 8.44. The summed E-state index contributed by atoms with van der Waals surface area (Å²) in [4.78, 5) is 11.7. The Kier molecular flexibility index (Phi) is 8.12. The minimum Gasteiger partial charge on any atom is -0.394 e. The number of aliphatic hydroxyl groups is 2. The zero-order chi connectivity index (χ0) is 13.3. The van der Waals surface area contributed by atoms with Crippen LogP contribution in [0.4, 0.5) is 0 Å². The molecule has 0 aromatic heterocycles. The molecule has 0 aliphatic carbocycles. The van der Waals surface area contributed by atoms with Gasteiger partial charge in [-0.1, -0.05) is 20.3 Å². The lowest BCUT2D eigenvalue weighted by Crippen LogP contribution is -2.58. The second-order valence-corrected chi connectivity index (χ2v) is 4.46. The molecule has 0 heterocycles. The van der Waals surface area contributed by atoms with Crippen molar-refractivity contribution < 1.29 is 15.0 Å². The molecular formula is C12H26N2O3. The predicted octanol–water partition coefficient (Wildman–Crippen LogP) is 0.0142. The van der Waals surface area contributed by atoms with Crippen LogP contribution in [0.3, 0.4) is 0 Å². The minimum absolute atomic E-state index is 0.0989. The smallest absolute Gasteiger partial charge is 0.236 e. The van der Waals surface area contributed by atoms with Gasteiger partial charge in [0, 0.05) is 6.54 Å². The maximum atomic E-state index is 11.7. The lowest BCUT2D eigenvalue weighted by Gasteiger charge is -2.32. The first-order chi connectivity index (χ1) is 8.05. The van der Waals surface area contributed by atoms with E-state index in [4.69, 9.17) is 0 Å². The van der Waals surface area contributed by atoms with Crippen molar-refractivity contribution in [3.63, 3.8) is 0 Å². The molecular weight excluding hydrogens is 220 g/mol. The SMILES string of the molecule is CCCCNC(=O)C(C)NC(CC)(CO)CO. The third-order valence-electron chi connectivity index (χ3n) is 3.03. The van der Waals surface area contributed by atoms with Crippen LogP contribution in [-0.4, -0.2) is 47.5 Å². The molecule has 1 atom stereocenters. The molecule has 5 nitrogen and oxygen atoms in total.